The number of carboxylic acid groups (broad SMARTS) is 1. The molecule has 1 aromatic carbocycles. The molecule has 1 saturated carbocycles. The van der Waals surface area contributed by atoms with E-state index in [0.29, 0.717) is 17.3 Å². The summed E-state index contributed by atoms with van der Waals surface area (Å²) in [7, 11) is 3.44. The summed E-state index contributed by atoms with van der Waals surface area (Å²) in [6.45, 7) is 0.505. The van der Waals surface area contributed by atoms with Crippen molar-refractivity contribution in [1.82, 2.24) is 0 Å². The van der Waals surface area contributed by atoms with Gasteiger partial charge in [0.25, 0.3) is 0 Å². The van der Waals surface area contributed by atoms with Crippen LogP contribution in [0.4, 0.5) is 5.69 Å². The van der Waals surface area contributed by atoms with E-state index in [0.717, 1.165) is 18.5 Å². The molecular formula is C13H16ClNO3. The summed E-state index contributed by atoms with van der Waals surface area (Å²) in [6, 6.07) is 5.45. The fourth-order valence-corrected chi connectivity index (χ4v) is 2.28. The summed E-state index contributed by atoms with van der Waals surface area (Å²) < 4.78 is 5.09. The Labute approximate surface area is 111 Å². The minimum Gasteiger partial charge on any atom is -0.495 e. The van der Waals surface area contributed by atoms with E-state index in [4.69, 9.17) is 21.4 Å². The van der Waals surface area contributed by atoms with Gasteiger partial charge < -0.3 is 14.7 Å². The number of halogens is 1. The van der Waals surface area contributed by atoms with Crippen LogP contribution in [-0.4, -0.2) is 31.8 Å². The molecule has 1 N–H and O–H groups in total. The predicted octanol–water partition coefficient (Wildman–Crippen LogP) is 2.65. The number of methoxy groups -OCH3 is 1. The molecule has 1 aliphatic carbocycles. The van der Waals surface area contributed by atoms with Crippen molar-refractivity contribution in [1.29, 1.82) is 0 Å². The molecule has 0 spiro atoms. The SMILES string of the molecule is COc1ccc(N(C)CC2(C(=O)O)CC2)cc1Cl. The van der Waals surface area contributed by atoms with E-state index >= 15 is 0 Å². The van der Waals surface area contributed by atoms with Gasteiger partial charge in [-0.05, 0) is 31.0 Å². The Balaban J connectivity index is 2.12. The fourth-order valence-electron chi connectivity index (χ4n) is 2.03. The van der Waals surface area contributed by atoms with Gasteiger partial charge in [-0.1, -0.05) is 11.6 Å². The van der Waals surface area contributed by atoms with Crippen LogP contribution in [0, 0.1) is 5.41 Å². The number of aliphatic carboxylic acids is 1. The number of ether oxygens (including phenoxy) is 1. The maximum Gasteiger partial charge on any atom is 0.311 e. The maximum absolute atomic E-state index is 11.1. The van der Waals surface area contributed by atoms with Gasteiger partial charge in [-0.3, -0.25) is 4.79 Å². The van der Waals surface area contributed by atoms with Crippen LogP contribution in [0.1, 0.15) is 12.8 Å². The zero-order valence-electron chi connectivity index (χ0n) is 10.4. The largest absolute Gasteiger partial charge is 0.495 e. The molecule has 0 aromatic heterocycles. The number of anilines is 1. The summed E-state index contributed by atoms with van der Waals surface area (Å²) in [6.07, 6.45) is 1.49. The normalized spacial score (nSPS) is 16.2. The first-order valence-electron chi connectivity index (χ1n) is 5.76. The number of carbonyl (C=O) groups is 1. The number of hydrogen-bond donors (Lipinski definition) is 1. The quantitative estimate of drug-likeness (QED) is 0.893. The standard InChI is InChI=1S/C13H16ClNO3/c1-15(8-13(5-6-13)12(16)17)9-3-4-11(18-2)10(14)7-9/h3-4,7H,5-6,8H2,1-2H3,(H,16,17). The average molecular weight is 270 g/mol. The molecule has 0 heterocycles. The number of benzene rings is 1. The fraction of sp³-hybridized carbons (Fsp3) is 0.462. The third-order valence-electron chi connectivity index (χ3n) is 3.42. The molecule has 0 radical (unpaired) electrons. The molecule has 0 amide bonds. The first-order chi connectivity index (χ1) is 8.48. The van der Waals surface area contributed by atoms with Crippen LogP contribution in [0.15, 0.2) is 18.2 Å². The van der Waals surface area contributed by atoms with E-state index in [1.54, 1.807) is 19.2 Å². The topological polar surface area (TPSA) is 49.8 Å². The van der Waals surface area contributed by atoms with Gasteiger partial charge in [0, 0.05) is 19.3 Å². The highest BCUT2D eigenvalue weighted by atomic mass is 35.5. The lowest BCUT2D eigenvalue weighted by Gasteiger charge is -2.23. The van der Waals surface area contributed by atoms with Gasteiger partial charge in [0.15, 0.2) is 0 Å². The second-order valence-electron chi connectivity index (χ2n) is 4.76. The lowest BCUT2D eigenvalue weighted by Crippen LogP contribution is -2.31. The van der Waals surface area contributed by atoms with E-state index in [2.05, 4.69) is 0 Å². The average Bonchev–Trinajstić information content (AvgIpc) is 3.10. The molecule has 4 nitrogen and oxygen atoms in total. The summed E-state index contributed by atoms with van der Waals surface area (Å²) in [4.78, 5) is 13.1. The van der Waals surface area contributed by atoms with Crippen molar-refractivity contribution in [2.75, 3.05) is 25.6 Å². The van der Waals surface area contributed by atoms with E-state index < -0.39 is 11.4 Å². The Bertz CT molecular complexity index is 471. The van der Waals surface area contributed by atoms with Crippen molar-refractivity contribution >= 4 is 23.3 Å². The zero-order chi connectivity index (χ0) is 13.3. The van der Waals surface area contributed by atoms with Crippen LogP contribution < -0.4 is 9.64 Å². The monoisotopic (exact) mass is 269 g/mol. The van der Waals surface area contributed by atoms with Crippen molar-refractivity contribution < 1.29 is 14.6 Å². The number of nitrogens with zero attached hydrogens (tertiary/aromatic N) is 1. The molecule has 2 rings (SSSR count). The molecular weight excluding hydrogens is 254 g/mol. The first kappa shape index (κ1) is 13.0. The highest BCUT2D eigenvalue weighted by molar-refractivity contribution is 6.32. The van der Waals surface area contributed by atoms with Gasteiger partial charge in [-0.2, -0.15) is 0 Å². The Morgan fingerprint density at radius 2 is 2.22 bits per heavy atom. The summed E-state index contributed by atoms with van der Waals surface area (Å²) >= 11 is 6.06. The summed E-state index contributed by atoms with van der Waals surface area (Å²) in [5.74, 6) is -0.0952. The minimum absolute atomic E-state index is 0.505. The van der Waals surface area contributed by atoms with Gasteiger partial charge >= 0.3 is 5.97 Å². The second-order valence-corrected chi connectivity index (χ2v) is 5.17. The minimum atomic E-state index is -0.714. The Kier molecular flexibility index (Phi) is 3.39. The van der Waals surface area contributed by atoms with E-state index in [1.807, 2.05) is 18.0 Å². The molecule has 18 heavy (non-hydrogen) atoms. The van der Waals surface area contributed by atoms with Crippen molar-refractivity contribution in [2.24, 2.45) is 5.41 Å². The highest BCUT2D eigenvalue weighted by Gasteiger charge is 2.50. The first-order valence-corrected chi connectivity index (χ1v) is 6.14. The molecule has 0 bridgehead atoms. The molecule has 1 aliphatic rings. The molecule has 0 unspecified atom stereocenters. The van der Waals surface area contributed by atoms with E-state index in [9.17, 15) is 4.79 Å². The third-order valence-corrected chi connectivity index (χ3v) is 3.72. The highest BCUT2D eigenvalue weighted by Crippen LogP contribution is 2.47. The molecule has 0 atom stereocenters. The van der Waals surface area contributed by atoms with Crippen molar-refractivity contribution in [2.45, 2.75) is 12.8 Å². The summed E-state index contributed by atoms with van der Waals surface area (Å²) in [5.41, 5.74) is 0.328. The maximum atomic E-state index is 11.1. The van der Waals surface area contributed by atoms with E-state index in [1.165, 1.54) is 0 Å². The van der Waals surface area contributed by atoms with Gasteiger partial charge in [0.2, 0.25) is 0 Å². The Morgan fingerprint density at radius 3 is 2.67 bits per heavy atom. The van der Waals surface area contributed by atoms with Crippen LogP contribution in [0.5, 0.6) is 5.75 Å². The van der Waals surface area contributed by atoms with Gasteiger partial charge in [0.1, 0.15) is 5.75 Å². The van der Waals surface area contributed by atoms with Crippen LogP contribution in [-0.2, 0) is 4.79 Å². The van der Waals surface area contributed by atoms with Crippen LogP contribution >= 0.6 is 11.6 Å². The van der Waals surface area contributed by atoms with E-state index in [-0.39, 0.29) is 0 Å². The molecule has 1 aromatic rings. The number of hydrogen-bond acceptors (Lipinski definition) is 3. The second kappa shape index (κ2) is 4.69. The molecule has 0 aliphatic heterocycles. The number of rotatable bonds is 5. The van der Waals surface area contributed by atoms with Crippen LogP contribution in [0.25, 0.3) is 0 Å². The van der Waals surface area contributed by atoms with Crippen LogP contribution in [0.3, 0.4) is 0 Å². The van der Waals surface area contributed by atoms with Gasteiger partial charge in [-0.25, -0.2) is 0 Å². The lowest BCUT2D eigenvalue weighted by molar-refractivity contribution is -0.142. The molecule has 1 fully saturated rings. The molecule has 5 heteroatoms. The Morgan fingerprint density at radius 1 is 1.56 bits per heavy atom. The predicted molar refractivity (Wildman–Crippen MR) is 70.6 cm³/mol. The molecule has 0 saturated heterocycles. The van der Waals surface area contributed by atoms with Crippen molar-refractivity contribution in [3.8, 4) is 5.75 Å². The van der Waals surface area contributed by atoms with Crippen LogP contribution in [0.2, 0.25) is 5.02 Å². The molecule has 98 valence electrons. The van der Waals surface area contributed by atoms with Gasteiger partial charge in [0.05, 0.1) is 17.5 Å². The Hall–Kier alpha value is -1.42. The smallest absolute Gasteiger partial charge is 0.311 e. The zero-order valence-corrected chi connectivity index (χ0v) is 11.2. The lowest BCUT2D eigenvalue weighted by atomic mass is 10.1. The van der Waals surface area contributed by atoms with Crippen molar-refractivity contribution in [3.63, 3.8) is 0 Å². The van der Waals surface area contributed by atoms with Crippen molar-refractivity contribution in [3.05, 3.63) is 23.2 Å². The summed E-state index contributed by atoms with van der Waals surface area (Å²) in [5, 5.41) is 9.69. The van der Waals surface area contributed by atoms with Gasteiger partial charge in [-0.15, -0.1) is 0 Å². The third kappa shape index (κ3) is 2.38. The number of carboxylic acids is 1.